The maximum Gasteiger partial charge on any atom is 0.174 e. The molecule has 1 aromatic heterocycles. The van der Waals surface area contributed by atoms with Gasteiger partial charge in [-0.3, -0.25) is 0 Å². The van der Waals surface area contributed by atoms with Crippen LogP contribution < -0.4 is 0 Å². The summed E-state index contributed by atoms with van der Waals surface area (Å²) < 4.78 is 14.2. The van der Waals surface area contributed by atoms with Crippen molar-refractivity contribution in [2.45, 2.75) is 45.1 Å². The first-order chi connectivity index (χ1) is 10.2. The number of hydrogen-bond acceptors (Lipinski definition) is 3. The minimum Gasteiger partial charge on any atom is -0.347 e. The van der Waals surface area contributed by atoms with Gasteiger partial charge in [0.15, 0.2) is 5.79 Å². The Kier molecular flexibility index (Phi) is 4.08. The number of benzene rings is 1. The van der Waals surface area contributed by atoms with E-state index in [1.165, 1.54) is 11.1 Å². The van der Waals surface area contributed by atoms with Crippen molar-refractivity contribution in [1.82, 2.24) is 9.55 Å². The lowest BCUT2D eigenvalue weighted by Crippen LogP contribution is -2.35. The molecule has 0 N–H and O–H groups in total. The maximum atomic E-state index is 6.14. The lowest BCUT2D eigenvalue weighted by Gasteiger charge is -2.28. The van der Waals surface area contributed by atoms with Crippen LogP contribution >= 0.6 is 0 Å². The molecule has 1 saturated heterocycles. The van der Waals surface area contributed by atoms with E-state index in [2.05, 4.69) is 47.7 Å². The summed E-state index contributed by atoms with van der Waals surface area (Å²) in [6.07, 6.45) is 7.36. The summed E-state index contributed by atoms with van der Waals surface area (Å²) in [6, 6.07) is 8.55. The fourth-order valence-electron chi connectivity index (χ4n) is 2.87. The Morgan fingerprint density at radius 2 is 2.33 bits per heavy atom. The first kappa shape index (κ1) is 14.3. The molecule has 0 bridgehead atoms. The zero-order valence-electron chi connectivity index (χ0n) is 12.7. The van der Waals surface area contributed by atoms with Gasteiger partial charge in [0, 0.05) is 31.8 Å². The molecular formula is C17H22N2O2. The maximum absolute atomic E-state index is 6.14. The van der Waals surface area contributed by atoms with Crippen LogP contribution in [-0.2, 0) is 22.4 Å². The van der Waals surface area contributed by atoms with Crippen LogP contribution in [0.2, 0.25) is 0 Å². The quantitative estimate of drug-likeness (QED) is 0.848. The van der Waals surface area contributed by atoms with E-state index in [4.69, 9.17) is 9.47 Å². The summed E-state index contributed by atoms with van der Waals surface area (Å²) in [6.45, 7) is 5.68. The van der Waals surface area contributed by atoms with Gasteiger partial charge < -0.3 is 14.0 Å². The van der Waals surface area contributed by atoms with Crippen molar-refractivity contribution in [2.75, 3.05) is 6.61 Å². The third kappa shape index (κ3) is 3.52. The van der Waals surface area contributed by atoms with Crippen LogP contribution in [0.5, 0.6) is 0 Å². The molecule has 2 heterocycles. The van der Waals surface area contributed by atoms with Crippen molar-refractivity contribution in [1.29, 1.82) is 0 Å². The standard InChI is InChI=1S/C17H22N2O2/c1-14-4-3-5-16(10-14)11-17(20-12-15(2)21-17)6-8-19-9-7-18-13-19/h3-5,7,9-10,13,15H,6,8,11-12H2,1-2H3. The van der Waals surface area contributed by atoms with Crippen LogP contribution in [0.15, 0.2) is 43.0 Å². The number of ether oxygens (including phenoxy) is 2. The SMILES string of the molecule is Cc1cccc(CC2(CCn3ccnc3)OCC(C)O2)c1. The van der Waals surface area contributed by atoms with Crippen LogP contribution in [0, 0.1) is 6.92 Å². The largest absolute Gasteiger partial charge is 0.347 e. The van der Waals surface area contributed by atoms with E-state index in [1.54, 1.807) is 6.20 Å². The van der Waals surface area contributed by atoms with Crippen LogP contribution in [0.4, 0.5) is 0 Å². The Morgan fingerprint density at radius 3 is 3.00 bits per heavy atom. The van der Waals surface area contributed by atoms with Crippen LogP contribution in [0.25, 0.3) is 0 Å². The van der Waals surface area contributed by atoms with E-state index in [0.29, 0.717) is 6.61 Å². The van der Waals surface area contributed by atoms with Crippen molar-refractivity contribution in [3.8, 4) is 0 Å². The van der Waals surface area contributed by atoms with Gasteiger partial charge >= 0.3 is 0 Å². The fraction of sp³-hybridized carbons (Fsp3) is 0.471. The molecule has 0 saturated carbocycles. The Bertz CT molecular complexity index is 582. The molecular weight excluding hydrogens is 264 g/mol. The third-order valence-corrected chi connectivity index (χ3v) is 3.86. The van der Waals surface area contributed by atoms with Crippen molar-refractivity contribution in [2.24, 2.45) is 0 Å². The first-order valence-corrected chi connectivity index (χ1v) is 7.48. The predicted octanol–water partition coefficient (Wildman–Crippen LogP) is 2.96. The van der Waals surface area contributed by atoms with E-state index in [9.17, 15) is 0 Å². The van der Waals surface area contributed by atoms with E-state index >= 15 is 0 Å². The van der Waals surface area contributed by atoms with Gasteiger partial charge in [0.1, 0.15) is 0 Å². The number of aromatic nitrogens is 2. The summed E-state index contributed by atoms with van der Waals surface area (Å²) in [7, 11) is 0. The molecule has 0 aliphatic carbocycles. The molecule has 0 spiro atoms. The third-order valence-electron chi connectivity index (χ3n) is 3.86. The topological polar surface area (TPSA) is 36.3 Å². The van der Waals surface area contributed by atoms with Crippen LogP contribution in [0.1, 0.15) is 24.5 Å². The summed E-state index contributed by atoms with van der Waals surface area (Å²) in [4.78, 5) is 4.08. The highest BCUT2D eigenvalue weighted by Crippen LogP contribution is 2.31. The average molecular weight is 286 g/mol. The minimum atomic E-state index is -0.516. The Hall–Kier alpha value is -1.65. The minimum absolute atomic E-state index is 0.151. The van der Waals surface area contributed by atoms with E-state index in [0.717, 1.165) is 19.4 Å². The second kappa shape index (κ2) is 6.00. The molecule has 1 aliphatic rings. The second-order valence-electron chi connectivity index (χ2n) is 5.87. The molecule has 1 aromatic carbocycles. The summed E-state index contributed by atoms with van der Waals surface area (Å²) in [5.41, 5.74) is 2.53. The molecule has 2 aromatic rings. The van der Waals surface area contributed by atoms with Gasteiger partial charge in [0.2, 0.25) is 0 Å². The summed E-state index contributed by atoms with van der Waals surface area (Å²) in [5.74, 6) is -0.516. The van der Waals surface area contributed by atoms with E-state index < -0.39 is 5.79 Å². The lowest BCUT2D eigenvalue weighted by atomic mass is 10.0. The molecule has 4 heteroatoms. The molecule has 0 amide bonds. The van der Waals surface area contributed by atoms with Crippen molar-refractivity contribution >= 4 is 0 Å². The number of rotatable bonds is 5. The molecule has 1 aliphatic heterocycles. The highest BCUT2D eigenvalue weighted by molar-refractivity contribution is 5.23. The van der Waals surface area contributed by atoms with Gasteiger partial charge in [-0.2, -0.15) is 0 Å². The van der Waals surface area contributed by atoms with Gasteiger partial charge in [-0.25, -0.2) is 4.98 Å². The number of imidazole rings is 1. The fourth-order valence-corrected chi connectivity index (χ4v) is 2.87. The number of aryl methyl sites for hydroxylation is 2. The lowest BCUT2D eigenvalue weighted by molar-refractivity contribution is -0.171. The average Bonchev–Trinajstić information content (AvgIpc) is 3.07. The first-order valence-electron chi connectivity index (χ1n) is 7.48. The molecule has 21 heavy (non-hydrogen) atoms. The van der Waals surface area contributed by atoms with Crippen molar-refractivity contribution < 1.29 is 9.47 Å². The zero-order chi connectivity index (χ0) is 14.7. The molecule has 0 radical (unpaired) electrons. The van der Waals surface area contributed by atoms with E-state index in [-0.39, 0.29) is 6.10 Å². The molecule has 112 valence electrons. The smallest absolute Gasteiger partial charge is 0.174 e. The highest BCUT2D eigenvalue weighted by atomic mass is 16.7. The summed E-state index contributed by atoms with van der Waals surface area (Å²) in [5, 5.41) is 0. The molecule has 1 fully saturated rings. The second-order valence-corrected chi connectivity index (χ2v) is 5.87. The summed E-state index contributed by atoms with van der Waals surface area (Å²) >= 11 is 0. The van der Waals surface area contributed by atoms with Crippen molar-refractivity contribution in [3.05, 3.63) is 54.1 Å². The Morgan fingerprint density at radius 1 is 1.43 bits per heavy atom. The molecule has 4 nitrogen and oxygen atoms in total. The van der Waals surface area contributed by atoms with Gasteiger partial charge in [-0.1, -0.05) is 29.8 Å². The Balaban J connectivity index is 1.73. The van der Waals surface area contributed by atoms with Crippen molar-refractivity contribution in [3.63, 3.8) is 0 Å². The van der Waals surface area contributed by atoms with E-state index in [1.807, 2.05) is 12.5 Å². The monoisotopic (exact) mass is 286 g/mol. The van der Waals surface area contributed by atoms with Gasteiger partial charge in [0.05, 0.1) is 19.0 Å². The number of nitrogens with zero attached hydrogens (tertiary/aromatic N) is 2. The van der Waals surface area contributed by atoms with Gasteiger partial charge in [-0.05, 0) is 19.4 Å². The van der Waals surface area contributed by atoms with Crippen LogP contribution in [-0.4, -0.2) is 28.0 Å². The molecule has 2 atom stereocenters. The zero-order valence-corrected chi connectivity index (χ0v) is 12.7. The van der Waals surface area contributed by atoms with Crippen LogP contribution in [0.3, 0.4) is 0 Å². The normalized spacial score (nSPS) is 25.3. The molecule has 2 unspecified atom stereocenters. The predicted molar refractivity (Wildman–Crippen MR) is 81.0 cm³/mol. The van der Waals surface area contributed by atoms with Gasteiger partial charge in [-0.15, -0.1) is 0 Å². The number of hydrogen-bond donors (Lipinski definition) is 0. The highest BCUT2D eigenvalue weighted by Gasteiger charge is 2.39. The Labute approximate surface area is 125 Å². The molecule has 3 rings (SSSR count). The van der Waals surface area contributed by atoms with Gasteiger partial charge in [0.25, 0.3) is 0 Å².